The van der Waals surface area contributed by atoms with Crippen LogP contribution in [-0.2, 0) is 28.5 Å². The van der Waals surface area contributed by atoms with E-state index >= 15 is 0 Å². The van der Waals surface area contributed by atoms with Gasteiger partial charge in [-0.25, -0.2) is 0 Å². The molecule has 0 spiro atoms. The van der Waals surface area contributed by atoms with Gasteiger partial charge in [-0.05, 0) is 19.3 Å². The standard InChI is InChI=1S/C19H35NO7S2/c21-18(4-2-1-3-17-6-16-28-29-17)20-7-9-25-11-13-27-15-14-26-12-10-24-8-5-19(22)23/h17H,1-16H2,(H,20,21)(H,22,23). The minimum atomic E-state index is -0.868. The van der Waals surface area contributed by atoms with Crippen LogP contribution < -0.4 is 5.32 Å². The van der Waals surface area contributed by atoms with E-state index in [1.54, 1.807) is 0 Å². The fraction of sp³-hybridized carbons (Fsp3) is 0.895. The number of rotatable bonds is 20. The van der Waals surface area contributed by atoms with Gasteiger partial charge in [0, 0.05) is 24.0 Å². The van der Waals surface area contributed by atoms with Gasteiger partial charge in [-0.3, -0.25) is 9.59 Å². The van der Waals surface area contributed by atoms with Gasteiger partial charge in [-0.15, -0.1) is 0 Å². The Labute approximate surface area is 181 Å². The molecule has 1 unspecified atom stereocenters. The Bertz CT molecular complexity index is 423. The molecule has 1 aliphatic heterocycles. The summed E-state index contributed by atoms with van der Waals surface area (Å²) in [6.07, 6.45) is 5.21. The molecule has 0 bridgehead atoms. The van der Waals surface area contributed by atoms with Crippen molar-refractivity contribution in [3.63, 3.8) is 0 Å². The maximum Gasteiger partial charge on any atom is 0.305 e. The molecule has 10 heteroatoms. The molecular weight excluding hydrogens is 418 g/mol. The summed E-state index contributed by atoms with van der Waals surface area (Å²) >= 11 is 0. The topological polar surface area (TPSA) is 103 Å². The highest BCUT2D eigenvalue weighted by Crippen LogP contribution is 2.39. The summed E-state index contributed by atoms with van der Waals surface area (Å²) in [6.45, 7) is 3.87. The normalized spacial score (nSPS) is 16.2. The van der Waals surface area contributed by atoms with Crippen molar-refractivity contribution < 1.29 is 33.6 Å². The monoisotopic (exact) mass is 453 g/mol. The minimum absolute atomic E-state index is 0.00580. The Morgan fingerprint density at radius 2 is 1.48 bits per heavy atom. The maximum atomic E-state index is 11.7. The SMILES string of the molecule is O=C(O)CCOCCOCCOCCOCCNC(=O)CCCCC1CCSS1. The predicted octanol–water partition coefficient (Wildman–Crippen LogP) is 2.36. The van der Waals surface area contributed by atoms with E-state index in [9.17, 15) is 9.59 Å². The molecule has 0 aromatic heterocycles. The van der Waals surface area contributed by atoms with Crippen LogP contribution in [0.25, 0.3) is 0 Å². The quantitative estimate of drug-likeness (QED) is 0.212. The Morgan fingerprint density at radius 3 is 2.07 bits per heavy atom. The Hall–Kier alpha value is -0.520. The minimum Gasteiger partial charge on any atom is -0.481 e. The summed E-state index contributed by atoms with van der Waals surface area (Å²) in [5.41, 5.74) is 0. The third-order valence-corrected chi connectivity index (χ3v) is 7.06. The van der Waals surface area contributed by atoms with Gasteiger partial charge in [0.15, 0.2) is 0 Å². The Morgan fingerprint density at radius 1 is 0.862 bits per heavy atom. The predicted molar refractivity (Wildman–Crippen MR) is 115 cm³/mol. The van der Waals surface area contributed by atoms with Crippen LogP contribution in [0.5, 0.6) is 0 Å². The van der Waals surface area contributed by atoms with Gasteiger partial charge < -0.3 is 29.4 Å². The van der Waals surface area contributed by atoms with Crippen LogP contribution in [0.1, 0.15) is 38.5 Å². The lowest BCUT2D eigenvalue weighted by Gasteiger charge is -2.09. The lowest BCUT2D eigenvalue weighted by molar-refractivity contribution is -0.138. The fourth-order valence-electron chi connectivity index (χ4n) is 2.49. The van der Waals surface area contributed by atoms with Crippen LogP contribution in [0.4, 0.5) is 0 Å². The summed E-state index contributed by atoms with van der Waals surface area (Å²) < 4.78 is 21.2. The Balaban J connectivity index is 1.71. The van der Waals surface area contributed by atoms with Crippen LogP contribution in [0.2, 0.25) is 0 Å². The summed E-state index contributed by atoms with van der Waals surface area (Å²) in [5, 5.41) is 12.1. The van der Waals surface area contributed by atoms with Crippen LogP contribution >= 0.6 is 21.6 Å². The van der Waals surface area contributed by atoms with Crippen molar-refractivity contribution in [1.82, 2.24) is 5.32 Å². The number of carbonyl (C=O) groups is 2. The van der Waals surface area contributed by atoms with Gasteiger partial charge in [0.25, 0.3) is 0 Å². The van der Waals surface area contributed by atoms with Crippen molar-refractivity contribution in [3.8, 4) is 0 Å². The van der Waals surface area contributed by atoms with E-state index in [0.29, 0.717) is 59.2 Å². The lowest BCUT2D eigenvalue weighted by atomic mass is 10.1. The van der Waals surface area contributed by atoms with Crippen LogP contribution in [0, 0.1) is 0 Å². The van der Waals surface area contributed by atoms with E-state index in [1.165, 1.54) is 18.6 Å². The van der Waals surface area contributed by atoms with Gasteiger partial charge in [0.2, 0.25) is 5.91 Å². The van der Waals surface area contributed by atoms with Crippen molar-refractivity contribution >= 4 is 33.5 Å². The molecular formula is C19H35NO7S2. The number of unbranched alkanes of at least 4 members (excludes halogenated alkanes) is 1. The van der Waals surface area contributed by atoms with Gasteiger partial charge >= 0.3 is 5.97 Å². The first-order chi connectivity index (χ1) is 14.2. The fourth-order valence-corrected chi connectivity index (χ4v) is 5.52. The molecule has 0 saturated carbocycles. The molecule has 1 heterocycles. The molecule has 0 aromatic rings. The largest absolute Gasteiger partial charge is 0.481 e. The molecule has 1 rings (SSSR count). The second-order valence-electron chi connectivity index (χ2n) is 6.52. The van der Waals surface area contributed by atoms with E-state index in [4.69, 9.17) is 24.1 Å². The molecule has 1 amide bonds. The van der Waals surface area contributed by atoms with Crippen molar-refractivity contribution in [1.29, 1.82) is 0 Å². The van der Waals surface area contributed by atoms with E-state index in [1.807, 2.05) is 21.6 Å². The number of aliphatic carboxylic acids is 1. The Kier molecular flexibility index (Phi) is 17.8. The second-order valence-corrected chi connectivity index (χ2v) is 9.31. The highest BCUT2D eigenvalue weighted by Gasteiger charge is 2.15. The van der Waals surface area contributed by atoms with Crippen LogP contribution in [-0.4, -0.2) is 87.4 Å². The zero-order valence-corrected chi connectivity index (χ0v) is 18.7. The molecule has 1 atom stereocenters. The first-order valence-electron chi connectivity index (χ1n) is 10.3. The summed E-state index contributed by atoms with van der Waals surface area (Å²) in [6, 6.07) is 0. The number of ether oxygens (including phenoxy) is 4. The molecule has 1 fully saturated rings. The average molecular weight is 454 g/mol. The number of carbonyl (C=O) groups excluding carboxylic acids is 1. The number of hydrogen-bond acceptors (Lipinski definition) is 8. The second kappa shape index (κ2) is 19.4. The average Bonchev–Trinajstić information content (AvgIpc) is 3.21. The summed E-state index contributed by atoms with van der Waals surface area (Å²) in [5.74, 6) is 0.497. The van der Waals surface area contributed by atoms with Crippen LogP contribution in [0.15, 0.2) is 0 Å². The summed E-state index contributed by atoms with van der Waals surface area (Å²) in [4.78, 5) is 22.0. The van der Waals surface area contributed by atoms with Gasteiger partial charge in [0.1, 0.15) is 0 Å². The van der Waals surface area contributed by atoms with E-state index < -0.39 is 5.97 Å². The molecule has 170 valence electrons. The number of nitrogens with one attached hydrogen (secondary N) is 1. The van der Waals surface area contributed by atoms with E-state index in [0.717, 1.165) is 18.1 Å². The van der Waals surface area contributed by atoms with Crippen molar-refractivity contribution in [3.05, 3.63) is 0 Å². The summed E-state index contributed by atoms with van der Waals surface area (Å²) in [7, 11) is 3.96. The van der Waals surface area contributed by atoms with Crippen molar-refractivity contribution in [2.24, 2.45) is 0 Å². The van der Waals surface area contributed by atoms with Crippen LogP contribution in [0.3, 0.4) is 0 Å². The zero-order chi connectivity index (χ0) is 21.0. The molecule has 1 saturated heterocycles. The van der Waals surface area contributed by atoms with Gasteiger partial charge in [-0.1, -0.05) is 28.0 Å². The number of amides is 1. The molecule has 0 radical (unpaired) electrons. The van der Waals surface area contributed by atoms with Crippen molar-refractivity contribution in [2.75, 3.05) is 65.2 Å². The number of hydrogen-bond donors (Lipinski definition) is 2. The zero-order valence-electron chi connectivity index (χ0n) is 17.1. The molecule has 29 heavy (non-hydrogen) atoms. The van der Waals surface area contributed by atoms with Gasteiger partial charge in [-0.2, -0.15) is 0 Å². The molecule has 2 N–H and O–H groups in total. The third kappa shape index (κ3) is 18.0. The molecule has 8 nitrogen and oxygen atoms in total. The first-order valence-corrected chi connectivity index (χ1v) is 12.6. The molecule has 0 aliphatic carbocycles. The molecule has 0 aromatic carbocycles. The van der Waals surface area contributed by atoms with E-state index in [2.05, 4.69) is 5.32 Å². The third-order valence-electron chi connectivity index (χ3n) is 4.05. The molecule has 1 aliphatic rings. The highest BCUT2D eigenvalue weighted by molar-refractivity contribution is 8.77. The van der Waals surface area contributed by atoms with Gasteiger partial charge in [0.05, 0.1) is 59.3 Å². The first kappa shape index (κ1) is 26.5. The van der Waals surface area contributed by atoms with Crippen molar-refractivity contribution in [2.45, 2.75) is 43.8 Å². The number of carboxylic acid groups (broad SMARTS) is 1. The lowest BCUT2D eigenvalue weighted by Crippen LogP contribution is -2.27. The maximum absolute atomic E-state index is 11.7. The highest BCUT2D eigenvalue weighted by atomic mass is 33.1. The number of carboxylic acids is 1. The van der Waals surface area contributed by atoms with E-state index in [-0.39, 0.29) is 18.9 Å². The smallest absolute Gasteiger partial charge is 0.305 e.